The summed E-state index contributed by atoms with van der Waals surface area (Å²) in [5.41, 5.74) is 2.46. The summed E-state index contributed by atoms with van der Waals surface area (Å²) in [7, 11) is 0. The molecule has 1 saturated carbocycles. The molecule has 0 spiro atoms. The molecule has 0 radical (unpaired) electrons. The van der Waals surface area contributed by atoms with Crippen molar-refractivity contribution in [3.8, 4) is 0 Å². The molecule has 3 nitrogen and oxygen atoms in total. The first-order valence-corrected chi connectivity index (χ1v) is 5.95. The number of carboxylic acid groups (broad SMARTS) is 1. The summed E-state index contributed by atoms with van der Waals surface area (Å²) in [4.78, 5) is 11.1. The molecule has 3 heteroatoms. The van der Waals surface area contributed by atoms with E-state index in [1.54, 1.807) is 0 Å². The number of rotatable bonds is 3. The zero-order valence-electron chi connectivity index (χ0n) is 9.94. The summed E-state index contributed by atoms with van der Waals surface area (Å²) in [6.07, 6.45) is 2.95. The first-order chi connectivity index (χ1) is 7.59. The molecular formula is C13H19NO2. The number of carboxylic acids is 1. The average Bonchev–Trinajstić information content (AvgIpc) is 2.80. The van der Waals surface area contributed by atoms with E-state index in [1.165, 1.54) is 11.4 Å². The lowest BCUT2D eigenvalue weighted by Crippen LogP contribution is -2.23. The first-order valence-electron chi connectivity index (χ1n) is 5.95. The van der Waals surface area contributed by atoms with Crippen LogP contribution >= 0.6 is 0 Å². The third kappa shape index (κ3) is 1.99. The van der Waals surface area contributed by atoms with Crippen LogP contribution in [-0.4, -0.2) is 15.6 Å². The smallest absolute Gasteiger partial charge is 0.306 e. The predicted molar refractivity (Wildman–Crippen MR) is 62.4 cm³/mol. The maximum absolute atomic E-state index is 11.1. The van der Waals surface area contributed by atoms with Crippen molar-refractivity contribution in [2.45, 2.75) is 39.7 Å². The highest BCUT2D eigenvalue weighted by molar-refractivity contribution is 5.70. The van der Waals surface area contributed by atoms with Gasteiger partial charge in [0.25, 0.3) is 0 Å². The number of hydrogen-bond donors (Lipinski definition) is 1. The Bertz CT molecular complexity index is 375. The quantitative estimate of drug-likeness (QED) is 0.852. The summed E-state index contributed by atoms with van der Waals surface area (Å²) in [5, 5.41) is 9.14. The van der Waals surface area contributed by atoms with Crippen molar-refractivity contribution in [1.29, 1.82) is 0 Å². The lowest BCUT2D eigenvalue weighted by Gasteiger charge is -2.19. The van der Waals surface area contributed by atoms with Gasteiger partial charge in [-0.1, -0.05) is 6.42 Å². The second-order valence-electron chi connectivity index (χ2n) is 4.86. The number of aryl methyl sites for hydroxylation is 2. The molecule has 1 heterocycles. The van der Waals surface area contributed by atoms with Crippen molar-refractivity contribution >= 4 is 5.97 Å². The largest absolute Gasteiger partial charge is 0.481 e. The molecule has 0 saturated heterocycles. The molecule has 1 aromatic rings. The zero-order chi connectivity index (χ0) is 11.7. The van der Waals surface area contributed by atoms with Crippen molar-refractivity contribution in [1.82, 2.24) is 4.57 Å². The Hall–Kier alpha value is -1.25. The van der Waals surface area contributed by atoms with Crippen LogP contribution in [0.1, 0.15) is 30.7 Å². The molecule has 1 aliphatic rings. The Labute approximate surface area is 96.1 Å². The highest BCUT2D eigenvalue weighted by Crippen LogP contribution is 2.33. The van der Waals surface area contributed by atoms with E-state index in [0.717, 1.165) is 25.8 Å². The number of aliphatic carboxylic acids is 1. The van der Waals surface area contributed by atoms with Gasteiger partial charge in [0.2, 0.25) is 0 Å². The number of nitrogens with zero attached hydrogens (tertiary/aromatic N) is 1. The van der Waals surface area contributed by atoms with E-state index in [1.807, 2.05) is 0 Å². The molecule has 1 aliphatic carbocycles. The third-order valence-corrected chi connectivity index (χ3v) is 3.81. The van der Waals surface area contributed by atoms with E-state index >= 15 is 0 Å². The van der Waals surface area contributed by atoms with Crippen molar-refractivity contribution in [3.05, 3.63) is 23.5 Å². The van der Waals surface area contributed by atoms with Gasteiger partial charge in [-0.25, -0.2) is 0 Å². The molecule has 2 rings (SSSR count). The number of carbonyl (C=O) groups is 1. The maximum Gasteiger partial charge on any atom is 0.306 e. The van der Waals surface area contributed by atoms with Crippen LogP contribution in [0.4, 0.5) is 0 Å². The molecule has 16 heavy (non-hydrogen) atoms. The summed E-state index contributed by atoms with van der Waals surface area (Å²) in [6, 6.07) is 4.19. The molecule has 2 atom stereocenters. The summed E-state index contributed by atoms with van der Waals surface area (Å²) in [5.74, 6) is -0.450. The Kier molecular flexibility index (Phi) is 3.03. The molecule has 1 N–H and O–H groups in total. The normalized spacial score (nSPS) is 24.9. The molecule has 88 valence electrons. The molecule has 1 aromatic heterocycles. The number of hydrogen-bond acceptors (Lipinski definition) is 1. The van der Waals surface area contributed by atoms with Gasteiger partial charge in [0, 0.05) is 17.9 Å². The molecule has 2 unspecified atom stereocenters. The van der Waals surface area contributed by atoms with E-state index in [9.17, 15) is 4.79 Å². The maximum atomic E-state index is 11.1. The topological polar surface area (TPSA) is 42.2 Å². The zero-order valence-corrected chi connectivity index (χ0v) is 9.94. The van der Waals surface area contributed by atoms with Gasteiger partial charge in [0.05, 0.1) is 5.92 Å². The Morgan fingerprint density at radius 1 is 1.38 bits per heavy atom. The molecule has 0 aromatic carbocycles. The van der Waals surface area contributed by atoms with Gasteiger partial charge < -0.3 is 9.67 Å². The summed E-state index contributed by atoms with van der Waals surface area (Å²) in [6.45, 7) is 5.02. The molecule has 0 bridgehead atoms. The van der Waals surface area contributed by atoms with Crippen molar-refractivity contribution in [2.75, 3.05) is 0 Å². The lowest BCUT2D eigenvalue weighted by molar-refractivity contribution is -0.143. The van der Waals surface area contributed by atoms with Crippen LogP contribution in [0, 0.1) is 25.7 Å². The van der Waals surface area contributed by atoms with Crippen LogP contribution in [0.15, 0.2) is 12.1 Å². The van der Waals surface area contributed by atoms with E-state index < -0.39 is 5.97 Å². The number of aromatic nitrogens is 1. The van der Waals surface area contributed by atoms with Gasteiger partial charge in [-0.05, 0) is 44.7 Å². The van der Waals surface area contributed by atoms with Crippen LogP contribution in [-0.2, 0) is 11.3 Å². The van der Waals surface area contributed by atoms with Crippen LogP contribution in [0.5, 0.6) is 0 Å². The predicted octanol–water partition coefficient (Wildman–Crippen LogP) is 2.61. The third-order valence-electron chi connectivity index (χ3n) is 3.81. The average molecular weight is 221 g/mol. The Morgan fingerprint density at radius 2 is 2.00 bits per heavy atom. The molecular weight excluding hydrogens is 202 g/mol. The minimum Gasteiger partial charge on any atom is -0.481 e. The SMILES string of the molecule is Cc1ccc(C)n1CC1CCCC1C(=O)O. The van der Waals surface area contributed by atoms with Crippen molar-refractivity contribution < 1.29 is 9.90 Å². The van der Waals surface area contributed by atoms with Gasteiger partial charge >= 0.3 is 5.97 Å². The van der Waals surface area contributed by atoms with Gasteiger partial charge in [0.1, 0.15) is 0 Å². The first kappa shape index (κ1) is 11.2. The van der Waals surface area contributed by atoms with E-state index in [4.69, 9.17) is 5.11 Å². The highest BCUT2D eigenvalue weighted by Gasteiger charge is 2.33. The Balaban J connectivity index is 2.12. The van der Waals surface area contributed by atoms with Gasteiger partial charge in [-0.3, -0.25) is 4.79 Å². The fraction of sp³-hybridized carbons (Fsp3) is 0.615. The monoisotopic (exact) mass is 221 g/mol. The van der Waals surface area contributed by atoms with Crippen LogP contribution in [0.2, 0.25) is 0 Å². The van der Waals surface area contributed by atoms with Gasteiger partial charge in [-0.2, -0.15) is 0 Å². The molecule has 1 fully saturated rings. The second kappa shape index (κ2) is 4.32. The van der Waals surface area contributed by atoms with E-state index in [2.05, 4.69) is 30.5 Å². The van der Waals surface area contributed by atoms with Crippen LogP contribution in [0.25, 0.3) is 0 Å². The standard InChI is InChI=1S/C13H19NO2/c1-9-6-7-10(2)14(9)8-11-4-3-5-12(11)13(15)16/h6-7,11-12H,3-5,8H2,1-2H3,(H,15,16). The van der Waals surface area contributed by atoms with Crippen LogP contribution in [0.3, 0.4) is 0 Å². The van der Waals surface area contributed by atoms with Gasteiger partial charge in [-0.15, -0.1) is 0 Å². The lowest BCUT2D eigenvalue weighted by atomic mass is 9.96. The molecule has 0 aliphatic heterocycles. The van der Waals surface area contributed by atoms with Gasteiger partial charge in [0.15, 0.2) is 0 Å². The highest BCUT2D eigenvalue weighted by atomic mass is 16.4. The summed E-state index contributed by atoms with van der Waals surface area (Å²) < 4.78 is 2.24. The minimum atomic E-state index is -0.620. The van der Waals surface area contributed by atoms with E-state index in [0.29, 0.717) is 5.92 Å². The fourth-order valence-electron chi connectivity index (χ4n) is 2.80. The second-order valence-corrected chi connectivity index (χ2v) is 4.86. The summed E-state index contributed by atoms with van der Waals surface area (Å²) >= 11 is 0. The minimum absolute atomic E-state index is 0.138. The van der Waals surface area contributed by atoms with Crippen molar-refractivity contribution in [2.24, 2.45) is 11.8 Å². The molecule has 0 amide bonds. The van der Waals surface area contributed by atoms with Crippen molar-refractivity contribution in [3.63, 3.8) is 0 Å². The van der Waals surface area contributed by atoms with E-state index in [-0.39, 0.29) is 5.92 Å². The fourth-order valence-corrected chi connectivity index (χ4v) is 2.80. The van der Waals surface area contributed by atoms with Crippen LogP contribution < -0.4 is 0 Å². The Morgan fingerprint density at radius 3 is 2.56 bits per heavy atom.